The van der Waals surface area contributed by atoms with Crippen LogP contribution in [0.3, 0.4) is 0 Å². The van der Waals surface area contributed by atoms with E-state index in [-0.39, 0.29) is 6.42 Å². The number of nitrogens with one attached hydrogen (secondary N) is 5. The second kappa shape index (κ2) is 54.0. The van der Waals surface area contributed by atoms with Gasteiger partial charge in [0.2, 0.25) is 41.1 Å². The summed E-state index contributed by atoms with van der Waals surface area (Å²) in [4.78, 5) is 92.1. The predicted octanol–water partition coefficient (Wildman–Crippen LogP) is -21.9. The first kappa shape index (κ1) is 125. The van der Waals surface area contributed by atoms with Crippen molar-refractivity contribution in [1.29, 1.82) is 0 Å². The van der Waals surface area contributed by atoms with Gasteiger partial charge >= 0.3 is 0 Å². The summed E-state index contributed by atoms with van der Waals surface area (Å²) in [6, 6.07) is -7.78. The number of rotatable bonds is 43. The molecule has 11 aliphatic rings. The molecule has 35 N–H and O–H groups in total. The monoisotopic (exact) mass is 2190 g/mol. The maximum atomic E-state index is 13.4. The van der Waals surface area contributed by atoms with Crippen LogP contribution < -0.4 is 26.6 Å². The first-order chi connectivity index (χ1) is 70.7. The predicted molar refractivity (Wildman–Crippen MR) is 472 cm³/mol. The van der Waals surface area contributed by atoms with Crippen molar-refractivity contribution in [2.24, 2.45) is 11.8 Å². The zero-order chi connectivity index (χ0) is 111. The van der Waals surface area contributed by atoms with Gasteiger partial charge in [-0.2, -0.15) is 0 Å². The lowest BCUT2D eigenvalue weighted by Gasteiger charge is -2.51. The van der Waals surface area contributed by atoms with Gasteiger partial charge in [0.15, 0.2) is 68.1 Å². The summed E-state index contributed by atoms with van der Waals surface area (Å²) in [5, 5.41) is 353. The second-order valence-electron chi connectivity index (χ2n) is 38.9. The maximum absolute atomic E-state index is 13.4. The Kier molecular flexibility index (Phi) is 44.9. The van der Waals surface area contributed by atoms with E-state index in [0.29, 0.717) is 0 Å². The first-order valence-corrected chi connectivity index (χ1v) is 48.7. The molecule has 0 aliphatic carbocycles. The van der Waals surface area contributed by atoms with E-state index in [2.05, 4.69) is 26.6 Å². The molecule has 0 radical (unpaired) electrons. The molecule has 0 bridgehead atoms. The Labute approximate surface area is 853 Å². The van der Waals surface area contributed by atoms with Crippen LogP contribution in [-0.4, -0.2) is 603 Å². The molecule has 21 unspecified atom stereocenters. The summed E-state index contributed by atoms with van der Waals surface area (Å²) in [6.07, 6.45) is -106. The van der Waals surface area contributed by atoms with Gasteiger partial charge in [0.1, 0.15) is 244 Å². The van der Waals surface area contributed by atoms with Crippen molar-refractivity contribution < 1.29 is 286 Å². The molecule has 0 aromatic heterocycles. The number of hydrogen-bond donors (Lipinski definition) is 35. The average molecular weight is 2190 g/mol. The Bertz CT molecular complexity index is 4300. The lowest BCUT2D eigenvalue weighted by molar-refractivity contribution is -0.399. The number of ether oxygens (including phenoxy) is 21. The van der Waals surface area contributed by atoms with Crippen molar-refractivity contribution >= 4 is 41.1 Å². The van der Waals surface area contributed by atoms with Crippen LogP contribution >= 0.6 is 0 Å². The van der Waals surface area contributed by atoms with Crippen molar-refractivity contribution in [2.75, 3.05) is 72.7 Å². The third-order valence-electron chi connectivity index (χ3n) is 28.4. The van der Waals surface area contributed by atoms with E-state index in [1.807, 2.05) is 0 Å². The molecule has 866 valence electrons. The average Bonchev–Trinajstić information content (AvgIpc) is 0.763. The van der Waals surface area contributed by atoms with Crippen molar-refractivity contribution in [3.63, 3.8) is 0 Å². The lowest BCUT2D eigenvalue weighted by atomic mass is 9.83. The van der Waals surface area contributed by atoms with Crippen molar-refractivity contribution in [1.82, 2.24) is 26.6 Å². The molecule has 11 fully saturated rings. The van der Waals surface area contributed by atoms with Crippen LogP contribution in [0.1, 0.15) is 81.6 Å². The number of Topliss-reactive ketones (excluding diaryl/α,β-unsaturated/α-hetero) is 2. The highest BCUT2D eigenvalue weighted by Gasteiger charge is 2.64. The highest BCUT2D eigenvalue weighted by Crippen LogP contribution is 2.45. The topological polar surface area (TPSA) is 980 Å². The Morgan fingerprint density at radius 2 is 0.587 bits per heavy atom. The number of hydrogen-bond acceptors (Lipinski definition) is 58. The van der Waals surface area contributed by atoms with Crippen LogP contribution in [-0.2, 0) is 133 Å². The van der Waals surface area contributed by atoms with E-state index in [4.69, 9.17) is 99.5 Å². The third kappa shape index (κ3) is 27.7. The Balaban J connectivity index is 0.896. The van der Waals surface area contributed by atoms with Gasteiger partial charge in [0.05, 0.1) is 97.1 Å². The van der Waals surface area contributed by atoms with Gasteiger partial charge in [0.25, 0.3) is 0 Å². The van der Waals surface area contributed by atoms with Crippen molar-refractivity contribution in [3.8, 4) is 0 Å². The molecule has 150 heavy (non-hydrogen) atoms. The fraction of sp³-hybridized carbons (Fsp3) is 0.920. The maximum Gasteiger partial charge on any atom is 0.231 e. The molecule has 11 rings (SSSR count). The molecule has 11 aliphatic heterocycles. The van der Waals surface area contributed by atoms with Gasteiger partial charge in [-0.3, -0.25) is 33.6 Å². The van der Waals surface area contributed by atoms with Crippen molar-refractivity contribution in [3.05, 3.63) is 0 Å². The van der Waals surface area contributed by atoms with E-state index < -0.39 is 475 Å². The van der Waals surface area contributed by atoms with Crippen LogP contribution in [0, 0.1) is 11.8 Å². The van der Waals surface area contributed by atoms with E-state index in [0.717, 1.165) is 41.5 Å². The van der Waals surface area contributed by atoms with Crippen LogP contribution in [0.5, 0.6) is 0 Å². The van der Waals surface area contributed by atoms with E-state index in [1.54, 1.807) is 0 Å². The zero-order valence-corrected chi connectivity index (χ0v) is 82.5. The number of aliphatic hydroxyl groups is 30. The Morgan fingerprint density at radius 1 is 0.300 bits per heavy atom. The minimum absolute atomic E-state index is 0.148. The molecule has 0 spiro atoms. The molecule has 63 nitrogen and oxygen atoms in total. The number of carbonyl (C=O) groups is 7. The fourth-order valence-electron chi connectivity index (χ4n) is 19.6. The number of ketones is 2. The van der Waals surface area contributed by atoms with Crippen LogP contribution in [0.25, 0.3) is 0 Å². The summed E-state index contributed by atoms with van der Waals surface area (Å²) in [5.41, 5.74) is 0. The summed E-state index contributed by atoms with van der Waals surface area (Å²) < 4.78 is 127. The third-order valence-corrected chi connectivity index (χ3v) is 28.4. The summed E-state index contributed by atoms with van der Waals surface area (Å²) in [5.74, 6) is -13.5. The summed E-state index contributed by atoms with van der Waals surface area (Å²) >= 11 is 0. The molecule has 11 heterocycles. The molecule has 0 aromatic rings. The minimum atomic E-state index is -2.69. The van der Waals surface area contributed by atoms with Crippen LogP contribution in [0.15, 0.2) is 0 Å². The largest absolute Gasteiger partial charge is 0.394 e. The van der Waals surface area contributed by atoms with E-state index in [1.165, 1.54) is 20.8 Å². The molecular weight excluding hydrogens is 2040 g/mol. The molecule has 0 aromatic carbocycles. The number of aliphatic hydroxyl groups excluding tert-OH is 30. The summed E-state index contributed by atoms with van der Waals surface area (Å²) in [7, 11) is 0. The smallest absolute Gasteiger partial charge is 0.231 e. The molecule has 5 amide bonds. The van der Waals surface area contributed by atoms with Gasteiger partial charge in [0, 0.05) is 72.6 Å². The molecule has 11 saturated heterocycles. The highest BCUT2D eigenvalue weighted by molar-refractivity contribution is 5.84. The SMILES string of the molecule is CCC(=O)N[C@@H]1OC(CO)[C@@H](O[C@@H]2OC(CO)[C@@H](O[C@@H]3OC(CO[C@H]4OC(CO)[C@@H](O)[C@H](O)C4O[C@@H]4O[C@@H](CO)[C@@H](O[C@@H]5OC(CO[C@]6(C(C)=O)C[C@@H](O)[C@@H](C)C([C@H](O)[C@H](O)CO)O6)[C@H](O)[C@H](O)C5O)C(O)C4NC(C)=O)[C@@H](O)[C@H](O[C@H]4OC(CO)[C@@H](O)C(O)C4O[C@@H]4OC(CO)[C@@H](O[C@@H]5OC(CO[C@]6(C(C)=O)C[C@@H](O)[C@@H](C)C([C@H](O)[C@H](O)CO)O6)[C@H](O)[C@H](O)C5O)[C@H](O)C4NC(C)=O)C3O)[C@H](O)C2NC(C)=O)[C@H](O)C1NC(C)=O. The molecule has 63 heteroatoms. The van der Waals surface area contributed by atoms with Gasteiger partial charge in [-0.25, -0.2) is 0 Å². The highest BCUT2D eigenvalue weighted by atomic mass is 16.8. The Morgan fingerprint density at radius 3 is 0.927 bits per heavy atom. The van der Waals surface area contributed by atoms with Gasteiger partial charge < -0.3 is 279 Å². The van der Waals surface area contributed by atoms with Gasteiger partial charge in [-0.05, 0) is 0 Å². The van der Waals surface area contributed by atoms with Gasteiger partial charge in [-0.15, -0.1) is 0 Å². The van der Waals surface area contributed by atoms with E-state index in [9.17, 15) is 187 Å². The van der Waals surface area contributed by atoms with Crippen LogP contribution in [0.4, 0.5) is 0 Å². The normalized spacial score (nSPS) is 46.5. The van der Waals surface area contributed by atoms with Gasteiger partial charge in [-0.1, -0.05) is 20.8 Å². The van der Waals surface area contributed by atoms with Crippen LogP contribution in [0.2, 0.25) is 0 Å². The van der Waals surface area contributed by atoms with Crippen molar-refractivity contribution in [2.45, 2.75) is 418 Å². The molecular formula is C87H145N5O58. The fourth-order valence-corrected chi connectivity index (χ4v) is 19.6. The molecule has 0 saturated carbocycles. The lowest BCUT2D eigenvalue weighted by Crippen LogP contribution is -2.71. The standard InChI is InChI=1S/C87H145N5O58/c1-10-45(111)92-77-46(88-28(6)103)57(119)70(38(17-97)133-77)142-78-47(89-29(7)104)58(120)73(41(20-100)136-78)145-83-67(129)74(146-85-76(64(126)53(115)37(16-96)135-85)148-80-49(91-31(9)106)60(122)72(40(19-99)138-80)144-82-66(128)62(124)55(117)44(141-82)23-132-87(27(5)102)12-33(108)25(3)69(150-87)51(113)35(110)14-94)56(118)42(139-83)21-130-84-75(63(125)52(114)36(15-95)134-84)147-79-48(90-30(8)105)59(121)71(39(18-98)137-79)143-81-65(127)61(123)54(116)43(140-81)22-131-86(26(4)101)11-32(107)24(2)68(149-86)50(112)34(109)13-93/h24-25,32-44,46-85,93-100,107-110,112-129H,10-23H2,1-9H3,(H,88,103)(H,89,104)(H,90,105)(H,91,106)(H,92,111)/t24-,25-,32-,33-,34-,35-,36?,37?,38?,39+,40?,41?,42?,43?,44?,46?,47?,48?,49?,50-,51-,52-,53-,54+,55+,56-,57-,58-,59?,60-,61+,62+,63+,64?,65?,66?,67?,68?,69?,70-,71-,72-,73-,74+,75?,76?,77-,78+,79+,80+,81+,82+,83+,84+,85-,86-,87-/m1/s1. The number of carbonyl (C=O) groups excluding carboxylic acids is 7. The first-order valence-electron chi connectivity index (χ1n) is 48.7. The quantitative estimate of drug-likeness (QED) is 0.0270. The minimum Gasteiger partial charge on any atom is -0.394 e. The second-order valence-corrected chi connectivity index (χ2v) is 38.9. The number of amides is 5. The van der Waals surface area contributed by atoms with E-state index >= 15 is 0 Å². The zero-order valence-electron chi connectivity index (χ0n) is 82.5. The molecule has 57 atom stereocenters. The summed E-state index contributed by atoms with van der Waals surface area (Å²) in [6.45, 7) is -2.82. The Hall–Kier alpha value is -5.35.